The zero-order valence-electron chi connectivity index (χ0n) is 13.8. The van der Waals surface area contributed by atoms with Crippen LogP contribution in [0.2, 0.25) is 0 Å². The first-order valence-electron chi connectivity index (χ1n) is 7.27. The fraction of sp³-hybridized carbons (Fsp3) is 0.500. The number of hydrogen-bond acceptors (Lipinski definition) is 4. The Bertz CT molecular complexity index is 511. The smallest absolute Gasteiger partial charge is 0.317 e. The third kappa shape index (κ3) is 7.85. The predicted octanol–water partition coefficient (Wildman–Crippen LogP) is 1.87. The SMILES string of the molecule is CCCN(CC(=O)O)CC(=O)N(C)Cc1cccc(OC)c1.Cl. The number of carboxylic acid groups (broad SMARTS) is 1. The van der Waals surface area contributed by atoms with Crippen molar-refractivity contribution in [2.45, 2.75) is 19.9 Å². The lowest BCUT2D eigenvalue weighted by Crippen LogP contribution is -2.40. The molecule has 1 N–H and O–H groups in total. The van der Waals surface area contributed by atoms with E-state index in [9.17, 15) is 9.59 Å². The van der Waals surface area contributed by atoms with E-state index in [1.54, 1.807) is 24.0 Å². The van der Waals surface area contributed by atoms with E-state index in [4.69, 9.17) is 9.84 Å². The van der Waals surface area contributed by atoms with Crippen LogP contribution in [0.4, 0.5) is 0 Å². The fourth-order valence-corrected chi connectivity index (χ4v) is 2.17. The third-order valence-electron chi connectivity index (χ3n) is 3.24. The van der Waals surface area contributed by atoms with Crippen LogP contribution in [0.3, 0.4) is 0 Å². The first-order chi connectivity index (χ1) is 10.5. The van der Waals surface area contributed by atoms with E-state index in [0.717, 1.165) is 17.7 Å². The number of hydrogen-bond donors (Lipinski definition) is 1. The summed E-state index contributed by atoms with van der Waals surface area (Å²) in [6, 6.07) is 7.53. The molecule has 1 aromatic carbocycles. The molecule has 0 aliphatic carbocycles. The Hall–Kier alpha value is -1.79. The highest BCUT2D eigenvalue weighted by atomic mass is 35.5. The Labute approximate surface area is 143 Å². The van der Waals surface area contributed by atoms with E-state index in [-0.39, 0.29) is 31.4 Å². The monoisotopic (exact) mass is 344 g/mol. The number of likely N-dealkylation sites (N-methyl/N-ethyl adjacent to an activating group) is 1. The number of carbonyl (C=O) groups is 2. The minimum Gasteiger partial charge on any atom is -0.497 e. The van der Waals surface area contributed by atoms with Gasteiger partial charge in [-0.25, -0.2) is 0 Å². The number of halogens is 1. The highest BCUT2D eigenvalue weighted by Gasteiger charge is 2.16. The number of nitrogens with zero attached hydrogens (tertiary/aromatic N) is 2. The molecule has 1 rings (SSSR count). The number of aliphatic carboxylic acids is 1. The largest absolute Gasteiger partial charge is 0.497 e. The van der Waals surface area contributed by atoms with Gasteiger partial charge in [0.15, 0.2) is 0 Å². The summed E-state index contributed by atoms with van der Waals surface area (Å²) >= 11 is 0. The lowest BCUT2D eigenvalue weighted by Gasteiger charge is -2.23. The molecule has 0 saturated carbocycles. The lowest BCUT2D eigenvalue weighted by atomic mass is 10.2. The molecule has 130 valence electrons. The van der Waals surface area contributed by atoms with Crippen molar-refractivity contribution >= 4 is 24.3 Å². The third-order valence-corrected chi connectivity index (χ3v) is 3.24. The maximum Gasteiger partial charge on any atom is 0.317 e. The van der Waals surface area contributed by atoms with E-state index in [1.165, 1.54) is 0 Å². The number of amides is 1. The molecule has 1 aromatic rings. The summed E-state index contributed by atoms with van der Waals surface area (Å²) in [4.78, 5) is 26.3. The van der Waals surface area contributed by atoms with E-state index in [0.29, 0.717) is 13.1 Å². The average Bonchev–Trinajstić information content (AvgIpc) is 2.46. The summed E-state index contributed by atoms with van der Waals surface area (Å²) in [5, 5.41) is 8.87. The lowest BCUT2D eigenvalue weighted by molar-refractivity contribution is -0.139. The molecule has 0 aromatic heterocycles. The van der Waals surface area contributed by atoms with Gasteiger partial charge in [-0.15, -0.1) is 12.4 Å². The van der Waals surface area contributed by atoms with E-state index < -0.39 is 5.97 Å². The predicted molar refractivity (Wildman–Crippen MR) is 91.1 cm³/mol. The topological polar surface area (TPSA) is 70.1 Å². The number of rotatable bonds is 9. The minimum atomic E-state index is -0.920. The van der Waals surface area contributed by atoms with Gasteiger partial charge in [-0.1, -0.05) is 19.1 Å². The second-order valence-corrected chi connectivity index (χ2v) is 5.21. The van der Waals surface area contributed by atoms with Crippen LogP contribution in [0.1, 0.15) is 18.9 Å². The molecular weight excluding hydrogens is 320 g/mol. The number of carbonyl (C=O) groups excluding carboxylic acids is 1. The van der Waals surface area contributed by atoms with Crippen LogP contribution in [-0.2, 0) is 16.1 Å². The van der Waals surface area contributed by atoms with E-state index in [1.807, 2.05) is 31.2 Å². The van der Waals surface area contributed by atoms with Gasteiger partial charge in [-0.2, -0.15) is 0 Å². The molecule has 0 unspecified atom stereocenters. The van der Waals surface area contributed by atoms with Gasteiger partial charge in [0, 0.05) is 13.6 Å². The van der Waals surface area contributed by atoms with Crippen LogP contribution in [0, 0.1) is 0 Å². The first kappa shape index (κ1) is 21.2. The molecule has 0 bridgehead atoms. The zero-order valence-corrected chi connectivity index (χ0v) is 14.6. The molecular formula is C16H25ClN2O4. The Balaban J connectivity index is 0.00000484. The summed E-state index contributed by atoms with van der Waals surface area (Å²) < 4.78 is 5.16. The van der Waals surface area contributed by atoms with Crippen LogP contribution in [0.25, 0.3) is 0 Å². The fourth-order valence-electron chi connectivity index (χ4n) is 2.17. The standard InChI is InChI=1S/C16H24N2O4.ClH/c1-4-8-18(12-16(20)21)11-15(19)17(2)10-13-6-5-7-14(9-13)22-3;/h5-7,9H,4,8,10-12H2,1-3H3,(H,20,21);1H. The summed E-state index contributed by atoms with van der Waals surface area (Å²) in [7, 11) is 3.31. The number of carboxylic acids is 1. The van der Waals surface area contributed by atoms with Gasteiger partial charge in [0.25, 0.3) is 0 Å². The van der Waals surface area contributed by atoms with Crippen LogP contribution in [0.5, 0.6) is 5.75 Å². The maximum atomic E-state index is 12.2. The minimum absolute atomic E-state index is 0. The van der Waals surface area contributed by atoms with Gasteiger partial charge in [0.1, 0.15) is 5.75 Å². The number of benzene rings is 1. The maximum absolute atomic E-state index is 12.2. The molecule has 0 fully saturated rings. The Morgan fingerprint density at radius 2 is 1.96 bits per heavy atom. The zero-order chi connectivity index (χ0) is 16.5. The second kappa shape index (κ2) is 10.9. The van der Waals surface area contributed by atoms with Gasteiger partial charge in [-0.05, 0) is 30.7 Å². The van der Waals surface area contributed by atoms with Crippen molar-refractivity contribution in [2.24, 2.45) is 0 Å². The van der Waals surface area contributed by atoms with Crippen molar-refractivity contribution in [2.75, 3.05) is 33.8 Å². The van der Waals surface area contributed by atoms with Gasteiger partial charge in [-0.3, -0.25) is 14.5 Å². The summed E-state index contributed by atoms with van der Waals surface area (Å²) in [6.07, 6.45) is 0.806. The van der Waals surface area contributed by atoms with Gasteiger partial charge in [0.2, 0.25) is 5.91 Å². The summed E-state index contributed by atoms with van der Waals surface area (Å²) in [6.45, 7) is 3.00. The van der Waals surface area contributed by atoms with Crippen LogP contribution < -0.4 is 4.74 Å². The summed E-state index contributed by atoms with van der Waals surface area (Å²) in [5.41, 5.74) is 0.968. The molecule has 7 heteroatoms. The Morgan fingerprint density at radius 1 is 1.26 bits per heavy atom. The molecule has 0 radical (unpaired) electrons. The van der Waals surface area contributed by atoms with E-state index >= 15 is 0 Å². The molecule has 6 nitrogen and oxygen atoms in total. The quantitative estimate of drug-likeness (QED) is 0.740. The molecule has 0 heterocycles. The van der Waals surface area contributed by atoms with Gasteiger partial charge < -0.3 is 14.7 Å². The van der Waals surface area contributed by atoms with E-state index in [2.05, 4.69) is 0 Å². The molecule has 23 heavy (non-hydrogen) atoms. The van der Waals surface area contributed by atoms with Crippen LogP contribution >= 0.6 is 12.4 Å². The molecule has 0 spiro atoms. The average molecular weight is 345 g/mol. The molecule has 0 aliphatic heterocycles. The van der Waals surface area contributed by atoms with Gasteiger partial charge in [0.05, 0.1) is 20.2 Å². The molecule has 0 aliphatic rings. The van der Waals surface area contributed by atoms with Crippen molar-refractivity contribution in [1.82, 2.24) is 9.80 Å². The number of ether oxygens (including phenoxy) is 1. The highest BCUT2D eigenvalue weighted by molar-refractivity contribution is 5.85. The van der Waals surface area contributed by atoms with Crippen LogP contribution in [-0.4, -0.2) is 60.6 Å². The van der Waals surface area contributed by atoms with Crippen LogP contribution in [0.15, 0.2) is 24.3 Å². The first-order valence-corrected chi connectivity index (χ1v) is 7.27. The summed E-state index contributed by atoms with van der Waals surface area (Å²) in [5.74, 6) is -0.272. The van der Waals surface area contributed by atoms with Crippen molar-refractivity contribution in [1.29, 1.82) is 0 Å². The highest BCUT2D eigenvalue weighted by Crippen LogP contribution is 2.14. The second-order valence-electron chi connectivity index (χ2n) is 5.21. The van der Waals surface area contributed by atoms with Crippen molar-refractivity contribution in [3.8, 4) is 5.75 Å². The van der Waals surface area contributed by atoms with Crippen molar-refractivity contribution in [3.63, 3.8) is 0 Å². The Kier molecular flexibility index (Phi) is 10.0. The molecule has 0 saturated heterocycles. The molecule has 0 atom stereocenters. The van der Waals surface area contributed by atoms with Gasteiger partial charge >= 0.3 is 5.97 Å². The molecule has 1 amide bonds. The van der Waals surface area contributed by atoms with Crippen molar-refractivity contribution in [3.05, 3.63) is 29.8 Å². The van der Waals surface area contributed by atoms with Crippen molar-refractivity contribution < 1.29 is 19.4 Å². The Morgan fingerprint density at radius 3 is 2.52 bits per heavy atom. The number of methoxy groups -OCH3 is 1. The normalized spacial score (nSPS) is 10.1.